The first kappa shape index (κ1) is 23.5. The molecular weight excluding hydrogens is 534 g/mol. The van der Waals surface area contributed by atoms with E-state index in [4.69, 9.17) is 9.47 Å². The molecule has 3 amide bonds. The number of methoxy groups -OCH3 is 1. The number of ether oxygens (including phenoxy) is 3. The van der Waals surface area contributed by atoms with Gasteiger partial charge in [0.15, 0.2) is 18.1 Å². The number of carbonyl (C=O) groups is 3. The minimum Gasteiger partial charge on any atom is -0.490 e. The fraction of sp³-hybridized carbons (Fsp3) is 0.227. The van der Waals surface area contributed by atoms with Gasteiger partial charge in [-0.15, -0.1) is 0 Å². The number of carbonyl (C=O) groups excluding carboxylic acids is 3. The van der Waals surface area contributed by atoms with Gasteiger partial charge >= 0.3 is 12.0 Å². The summed E-state index contributed by atoms with van der Waals surface area (Å²) in [4.78, 5) is 37.4. The maximum absolute atomic E-state index is 13.9. The normalized spacial score (nSPS) is 14.5. The highest BCUT2D eigenvalue weighted by molar-refractivity contribution is 14.1. The molecule has 0 aromatic heterocycles. The molecule has 1 aliphatic rings. The molecule has 0 atom stereocenters. The molecule has 0 radical (unpaired) electrons. The van der Waals surface area contributed by atoms with Crippen LogP contribution in [0.1, 0.15) is 18.1 Å². The lowest BCUT2D eigenvalue weighted by atomic mass is 10.1. The van der Waals surface area contributed by atoms with Crippen molar-refractivity contribution in [2.45, 2.75) is 13.5 Å². The predicted octanol–water partition coefficient (Wildman–Crippen LogP) is 3.47. The second-order valence-electron chi connectivity index (χ2n) is 6.60. The number of hydrogen-bond donors (Lipinski definition) is 1. The van der Waals surface area contributed by atoms with Gasteiger partial charge in [0.2, 0.25) is 0 Å². The lowest BCUT2D eigenvalue weighted by molar-refractivity contribution is -0.143. The summed E-state index contributed by atoms with van der Waals surface area (Å²) in [5.74, 6) is -0.872. The van der Waals surface area contributed by atoms with Gasteiger partial charge in [0.1, 0.15) is 11.5 Å². The molecule has 0 spiro atoms. The van der Waals surface area contributed by atoms with Gasteiger partial charge in [-0.3, -0.25) is 9.69 Å². The zero-order valence-corrected chi connectivity index (χ0v) is 19.5. The standard InChI is InChI=1S/C22H20FIN2O6/c1-3-31-18-10-13(8-16(24)20(18)32-12-19(27)30-2)9-17-21(28)26(22(29)25-17)11-14-6-4-5-7-15(14)23/h4-10H,3,11-12H2,1-2H3,(H,25,29)/b17-9+. The van der Waals surface area contributed by atoms with E-state index in [1.54, 1.807) is 25.1 Å². The van der Waals surface area contributed by atoms with E-state index in [1.165, 1.54) is 31.4 Å². The van der Waals surface area contributed by atoms with E-state index in [0.29, 0.717) is 27.2 Å². The number of imide groups is 1. The maximum Gasteiger partial charge on any atom is 0.343 e. The Hall–Kier alpha value is -3.15. The van der Waals surface area contributed by atoms with E-state index in [0.717, 1.165) is 4.90 Å². The van der Waals surface area contributed by atoms with E-state index < -0.39 is 23.7 Å². The molecule has 3 rings (SSSR count). The molecular formula is C22H20FIN2O6. The van der Waals surface area contributed by atoms with Crippen LogP contribution in [0.25, 0.3) is 6.08 Å². The van der Waals surface area contributed by atoms with Crippen molar-refractivity contribution in [3.63, 3.8) is 0 Å². The minimum absolute atomic E-state index is 0.0489. The summed E-state index contributed by atoms with van der Waals surface area (Å²) in [6.07, 6.45) is 1.50. The first-order valence-electron chi connectivity index (χ1n) is 9.58. The van der Waals surface area contributed by atoms with Gasteiger partial charge in [0.05, 0.1) is 23.8 Å². The summed E-state index contributed by atoms with van der Waals surface area (Å²) in [7, 11) is 1.26. The molecule has 0 unspecified atom stereocenters. The third-order valence-electron chi connectivity index (χ3n) is 4.45. The van der Waals surface area contributed by atoms with Crippen molar-refractivity contribution in [2.75, 3.05) is 20.3 Å². The fourth-order valence-electron chi connectivity index (χ4n) is 2.94. The molecule has 8 nitrogen and oxygen atoms in total. The molecule has 1 aliphatic heterocycles. The molecule has 2 aromatic rings. The number of rotatable bonds is 8. The Kier molecular flexibility index (Phi) is 7.67. The van der Waals surface area contributed by atoms with Crippen LogP contribution in [0.2, 0.25) is 0 Å². The monoisotopic (exact) mass is 554 g/mol. The van der Waals surface area contributed by atoms with Crippen molar-refractivity contribution in [1.82, 2.24) is 10.2 Å². The molecule has 168 valence electrons. The van der Waals surface area contributed by atoms with Crippen LogP contribution < -0.4 is 14.8 Å². The smallest absolute Gasteiger partial charge is 0.343 e. The fourth-order valence-corrected chi connectivity index (χ4v) is 3.72. The number of amides is 3. The van der Waals surface area contributed by atoms with Crippen molar-refractivity contribution < 1.29 is 33.0 Å². The highest BCUT2D eigenvalue weighted by Gasteiger charge is 2.34. The Morgan fingerprint density at radius 1 is 1.22 bits per heavy atom. The number of benzene rings is 2. The predicted molar refractivity (Wildman–Crippen MR) is 121 cm³/mol. The van der Waals surface area contributed by atoms with E-state index in [1.807, 2.05) is 22.6 Å². The molecule has 1 heterocycles. The average molecular weight is 554 g/mol. The summed E-state index contributed by atoms with van der Waals surface area (Å²) < 4.78 is 30.3. The van der Waals surface area contributed by atoms with E-state index in [9.17, 15) is 18.8 Å². The second kappa shape index (κ2) is 10.4. The third-order valence-corrected chi connectivity index (χ3v) is 5.25. The first-order chi connectivity index (χ1) is 15.3. The van der Waals surface area contributed by atoms with Crippen LogP contribution in [0.15, 0.2) is 42.1 Å². The second-order valence-corrected chi connectivity index (χ2v) is 7.76. The van der Waals surface area contributed by atoms with Crippen LogP contribution in [-0.2, 0) is 20.9 Å². The summed E-state index contributed by atoms with van der Waals surface area (Å²) >= 11 is 2.02. The average Bonchev–Trinajstić information content (AvgIpc) is 3.02. The van der Waals surface area contributed by atoms with Gasteiger partial charge in [0.25, 0.3) is 5.91 Å². The molecule has 0 saturated carbocycles. The number of nitrogens with one attached hydrogen (secondary N) is 1. The van der Waals surface area contributed by atoms with Crippen LogP contribution >= 0.6 is 22.6 Å². The SMILES string of the molecule is CCOc1cc(/C=C2/NC(=O)N(Cc3ccccc3F)C2=O)cc(I)c1OCC(=O)OC. The lowest BCUT2D eigenvalue weighted by Crippen LogP contribution is -2.30. The lowest BCUT2D eigenvalue weighted by Gasteiger charge is -2.14. The number of esters is 1. The highest BCUT2D eigenvalue weighted by atomic mass is 127. The largest absolute Gasteiger partial charge is 0.490 e. The number of urea groups is 1. The van der Waals surface area contributed by atoms with E-state index >= 15 is 0 Å². The van der Waals surface area contributed by atoms with Gasteiger partial charge in [0, 0.05) is 5.56 Å². The molecule has 1 fully saturated rings. The van der Waals surface area contributed by atoms with Crippen molar-refractivity contribution in [1.29, 1.82) is 0 Å². The topological polar surface area (TPSA) is 94.2 Å². The van der Waals surface area contributed by atoms with Crippen molar-refractivity contribution in [3.05, 3.63) is 62.6 Å². The summed E-state index contributed by atoms with van der Waals surface area (Å²) in [5.41, 5.74) is 0.852. The number of nitrogens with zero attached hydrogens (tertiary/aromatic N) is 1. The van der Waals surface area contributed by atoms with E-state index in [-0.39, 0.29) is 24.4 Å². The van der Waals surface area contributed by atoms with Crippen LogP contribution in [0.4, 0.5) is 9.18 Å². The Bertz CT molecular complexity index is 1090. The zero-order chi connectivity index (χ0) is 23.3. The first-order valence-corrected chi connectivity index (χ1v) is 10.7. The van der Waals surface area contributed by atoms with Crippen LogP contribution in [0, 0.1) is 9.39 Å². The number of hydrogen-bond acceptors (Lipinski definition) is 6. The molecule has 1 N–H and O–H groups in total. The molecule has 0 bridgehead atoms. The summed E-state index contributed by atoms with van der Waals surface area (Å²) in [6, 6.07) is 8.65. The molecule has 2 aromatic carbocycles. The molecule has 32 heavy (non-hydrogen) atoms. The molecule has 10 heteroatoms. The molecule has 1 saturated heterocycles. The summed E-state index contributed by atoms with van der Waals surface area (Å²) in [6.45, 7) is 1.67. The zero-order valence-electron chi connectivity index (χ0n) is 17.3. The van der Waals surface area contributed by atoms with Gasteiger partial charge in [-0.1, -0.05) is 18.2 Å². The quantitative estimate of drug-likeness (QED) is 0.233. The Morgan fingerprint density at radius 2 is 1.97 bits per heavy atom. The van der Waals surface area contributed by atoms with Gasteiger partial charge in [-0.05, 0) is 59.4 Å². The minimum atomic E-state index is -0.637. The third kappa shape index (κ3) is 5.36. The van der Waals surface area contributed by atoms with Crippen molar-refractivity contribution in [2.24, 2.45) is 0 Å². The van der Waals surface area contributed by atoms with Crippen LogP contribution in [0.5, 0.6) is 11.5 Å². The van der Waals surface area contributed by atoms with Crippen molar-refractivity contribution in [3.8, 4) is 11.5 Å². The molecule has 0 aliphatic carbocycles. The van der Waals surface area contributed by atoms with Gasteiger partial charge in [-0.25, -0.2) is 14.0 Å². The summed E-state index contributed by atoms with van der Waals surface area (Å²) in [5, 5.41) is 2.52. The number of halogens is 2. The van der Waals surface area contributed by atoms with Crippen LogP contribution in [-0.4, -0.2) is 43.1 Å². The van der Waals surface area contributed by atoms with Crippen LogP contribution in [0.3, 0.4) is 0 Å². The Morgan fingerprint density at radius 3 is 2.66 bits per heavy atom. The van der Waals surface area contributed by atoms with Crippen molar-refractivity contribution >= 4 is 46.6 Å². The highest BCUT2D eigenvalue weighted by Crippen LogP contribution is 2.35. The van der Waals surface area contributed by atoms with Gasteiger partial charge in [-0.2, -0.15) is 0 Å². The Balaban J connectivity index is 1.85. The maximum atomic E-state index is 13.9. The Labute approximate surface area is 197 Å². The van der Waals surface area contributed by atoms with E-state index in [2.05, 4.69) is 10.1 Å². The van der Waals surface area contributed by atoms with Gasteiger partial charge < -0.3 is 19.5 Å².